The first-order chi connectivity index (χ1) is 17.5. The number of carbonyl (C=O) groups excluding carboxylic acids is 2. The van der Waals surface area contributed by atoms with Crippen molar-refractivity contribution in [1.82, 2.24) is 14.8 Å². The third kappa shape index (κ3) is 5.97. The largest absolute Gasteiger partial charge is 0.416 e. The van der Waals surface area contributed by atoms with Gasteiger partial charge in [-0.1, -0.05) is 11.6 Å². The molecule has 0 unspecified atom stereocenters. The standard InChI is InChI=1S/C24H26ClF4N5O3/c1-15-11-16(24(27,28)29)12-21(30-15)34-20(22(35)31(2)17-3-4-19(26)18(25)13-17)14-33(23(34)36)6-5-32-7-9-37-10-8-32/h3-4,11-13,20H,5-10,14H2,1-2H3/t20-/m0/s1. The summed E-state index contributed by atoms with van der Waals surface area (Å²) >= 11 is 5.87. The van der Waals surface area contributed by atoms with Gasteiger partial charge in [0.05, 0.1) is 30.3 Å². The molecule has 0 bridgehead atoms. The molecule has 3 heterocycles. The smallest absolute Gasteiger partial charge is 0.379 e. The zero-order chi connectivity index (χ0) is 26.9. The van der Waals surface area contributed by atoms with Crippen molar-refractivity contribution in [2.45, 2.75) is 19.1 Å². The summed E-state index contributed by atoms with van der Waals surface area (Å²) in [6, 6.07) is 3.58. The molecular formula is C24H26ClF4N5O3. The minimum atomic E-state index is -4.66. The summed E-state index contributed by atoms with van der Waals surface area (Å²) in [7, 11) is 1.43. The van der Waals surface area contributed by atoms with E-state index in [2.05, 4.69) is 9.88 Å². The predicted molar refractivity (Wildman–Crippen MR) is 129 cm³/mol. The Labute approximate surface area is 216 Å². The number of alkyl halides is 3. The van der Waals surface area contributed by atoms with Crippen LogP contribution in [0.5, 0.6) is 0 Å². The molecule has 13 heteroatoms. The lowest BCUT2D eigenvalue weighted by Gasteiger charge is -2.28. The number of nitrogens with zero attached hydrogens (tertiary/aromatic N) is 5. The number of aryl methyl sites for hydroxylation is 1. The van der Waals surface area contributed by atoms with E-state index < -0.39 is 35.5 Å². The monoisotopic (exact) mass is 543 g/mol. The van der Waals surface area contributed by atoms with Crippen molar-refractivity contribution in [3.05, 3.63) is 52.4 Å². The van der Waals surface area contributed by atoms with Crippen molar-refractivity contribution in [3.8, 4) is 0 Å². The van der Waals surface area contributed by atoms with Gasteiger partial charge in [0.25, 0.3) is 5.91 Å². The Kier molecular flexibility index (Phi) is 7.91. The molecule has 2 aromatic rings. The third-order valence-corrected chi connectivity index (χ3v) is 6.68. The number of anilines is 2. The van der Waals surface area contributed by atoms with Gasteiger partial charge < -0.3 is 14.5 Å². The highest BCUT2D eigenvalue weighted by atomic mass is 35.5. The maximum atomic E-state index is 13.7. The fourth-order valence-electron chi connectivity index (χ4n) is 4.36. The highest BCUT2D eigenvalue weighted by molar-refractivity contribution is 6.31. The quantitative estimate of drug-likeness (QED) is 0.518. The van der Waals surface area contributed by atoms with Crippen LogP contribution in [0.25, 0.3) is 0 Å². The summed E-state index contributed by atoms with van der Waals surface area (Å²) in [6.45, 7) is 4.63. The minimum Gasteiger partial charge on any atom is -0.379 e. The minimum absolute atomic E-state index is 0.0502. The summed E-state index contributed by atoms with van der Waals surface area (Å²) in [4.78, 5) is 37.0. The van der Waals surface area contributed by atoms with E-state index in [4.69, 9.17) is 16.3 Å². The van der Waals surface area contributed by atoms with Gasteiger partial charge in [-0.05, 0) is 37.3 Å². The number of hydrogen-bond acceptors (Lipinski definition) is 5. The summed E-state index contributed by atoms with van der Waals surface area (Å²) in [5.41, 5.74) is -0.655. The number of carbonyl (C=O) groups is 2. The molecular weight excluding hydrogens is 518 g/mol. The van der Waals surface area contributed by atoms with Crippen LogP contribution in [-0.2, 0) is 15.7 Å². The molecule has 0 N–H and O–H groups in total. The van der Waals surface area contributed by atoms with E-state index in [0.717, 1.165) is 23.1 Å². The van der Waals surface area contributed by atoms with E-state index in [1.807, 2.05) is 0 Å². The normalized spacial score (nSPS) is 19.0. The Hall–Kier alpha value is -2.96. The highest BCUT2D eigenvalue weighted by Gasteiger charge is 2.45. The van der Waals surface area contributed by atoms with Crippen LogP contribution in [0.2, 0.25) is 5.02 Å². The second kappa shape index (κ2) is 10.8. The molecule has 0 spiro atoms. The molecule has 0 aliphatic carbocycles. The number of rotatable bonds is 6. The van der Waals surface area contributed by atoms with Gasteiger partial charge in [-0.3, -0.25) is 14.6 Å². The van der Waals surface area contributed by atoms with Crippen LogP contribution in [0.4, 0.5) is 33.9 Å². The summed E-state index contributed by atoms with van der Waals surface area (Å²) in [5, 5.41) is -0.196. The van der Waals surface area contributed by atoms with E-state index in [-0.39, 0.29) is 35.3 Å². The average molecular weight is 544 g/mol. The number of pyridine rings is 1. The molecule has 2 saturated heterocycles. The number of morpholine rings is 1. The van der Waals surface area contributed by atoms with E-state index in [1.54, 1.807) is 0 Å². The topological polar surface area (TPSA) is 69.2 Å². The maximum Gasteiger partial charge on any atom is 0.416 e. The fraction of sp³-hybridized carbons (Fsp3) is 0.458. The number of benzene rings is 1. The molecule has 37 heavy (non-hydrogen) atoms. The van der Waals surface area contributed by atoms with Crippen molar-refractivity contribution in [2.75, 3.05) is 62.8 Å². The molecule has 2 aliphatic heterocycles. The lowest BCUT2D eigenvalue weighted by molar-refractivity contribution is -0.137. The maximum absolute atomic E-state index is 13.7. The number of urea groups is 1. The van der Waals surface area contributed by atoms with Crippen molar-refractivity contribution in [2.24, 2.45) is 0 Å². The molecule has 8 nitrogen and oxygen atoms in total. The van der Waals surface area contributed by atoms with E-state index in [9.17, 15) is 27.2 Å². The molecule has 1 atom stereocenters. The van der Waals surface area contributed by atoms with Crippen molar-refractivity contribution in [1.29, 1.82) is 0 Å². The molecule has 0 saturated carbocycles. The Morgan fingerprint density at radius 1 is 1.19 bits per heavy atom. The van der Waals surface area contributed by atoms with Crippen LogP contribution < -0.4 is 9.80 Å². The Bertz CT molecular complexity index is 1180. The van der Waals surface area contributed by atoms with Crippen LogP contribution in [-0.4, -0.2) is 85.7 Å². The first-order valence-corrected chi connectivity index (χ1v) is 12.0. The number of halogens is 5. The zero-order valence-corrected chi connectivity index (χ0v) is 21.0. The number of aromatic nitrogens is 1. The highest BCUT2D eigenvalue weighted by Crippen LogP contribution is 2.34. The molecule has 1 aromatic heterocycles. The fourth-order valence-corrected chi connectivity index (χ4v) is 4.53. The van der Waals surface area contributed by atoms with Gasteiger partial charge in [-0.15, -0.1) is 0 Å². The molecule has 2 aliphatic rings. The summed E-state index contributed by atoms with van der Waals surface area (Å²) < 4.78 is 59.6. The van der Waals surface area contributed by atoms with Gasteiger partial charge in [0.2, 0.25) is 0 Å². The van der Waals surface area contributed by atoms with Gasteiger partial charge in [-0.25, -0.2) is 14.2 Å². The molecule has 200 valence electrons. The van der Waals surface area contributed by atoms with E-state index >= 15 is 0 Å². The van der Waals surface area contributed by atoms with Gasteiger partial charge in [0.1, 0.15) is 17.7 Å². The average Bonchev–Trinajstić information content (AvgIpc) is 3.19. The number of likely N-dealkylation sites (N-methyl/N-ethyl adjacent to an activating group) is 1. The number of hydrogen-bond donors (Lipinski definition) is 0. The number of ether oxygens (including phenoxy) is 1. The summed E-state index contributed by atoms with van der Waals surface area (Å²) in [5.74, 6) is -1.52. The van der Waals surface area contributed by atoms with Gasteiger partial charge in [0.15, 0.2) is 0 Å². The summed E-state index contributed by atoms with van der Waals surface area (Å²) in [6.07, 6.45) is -4.66. The van der Waals surface area contributed by atoms with Gasteiger partial charge in [-0.2, -0.15) is 13.2 Å². The third-order valence-electron chi connectivity index (χ3n) is 6.39. The van der Waals surface area contributed by atoms with Crippen LogP contribution >= 0.6 is 11.6 Å². The lowest BCUT2D eigenvalue weighted by atomic mass is 10.1. The van der Waals surface area contributed by atoms with Crippen LogP contribution in [0.15, 0.2) is 30.3 Å². The zero-order valence-electron chi connectivity index (χ0n) is 20.3. The van der Waals surface area contributed by atoms with Crippen molar-refractivity contribution in [3.63, 3.8) is 0 Å². The van der Waals surface area contributed by atoms with Crippen LogP contribution in [0, 0.1) is 12.7 Å². The molecule has 2 fully saturated rings. The predicted octanol–water partition coefficient (Wildman–Crippen LogP) is 3.81. The van der Waals surface area contributed by atoms with Gasteiger partial charge in [0, 0.05) is 44.6 Å². The molecule has 4 rings (SSSR count). The van der Waals surface area contributed by atoms with Gasteiger partial charge >= 0.3 is 12.2 Å². The molecule has 1 aromatic carbocycles. The van der Waals surface area contributed by atoms with Crippen LogP contribution in [0.3, 0.4) is 0 Å². The Morgan fingerprint density at radius 3 is 2.54 bits per heavy atom. The number of amides is 3. The van der Waals surface area contributed by atoms with Crippen LogP contribution in [0.1, 0.15) is 11.3 Å². The SMILES string of the molecule is Cc1cc(C(F)(F)F)cc(N2C(=O)N(CCN3CCOCC3)C[C@H]2C(=O)N(C)c2ccc(F)c(Cl)c2)n1. The Balaban J connectivity index is 1.65. The Morgan fingerprint density at radius 2 is 1.89 bits per heavy atom. The first kappa shape index (κ1) is 27.1. The van der Waals surface area contributed by atoms with E-state index in [1.165, 1.54) is 35.9 Å². The second-order valence-electron chi connectivity index (χ2n) is 8.92. The van der Waals surface area contributed by atoms with E-state index in [0.29, 0.717) is 32.8 Å². The first-order valence-electron chi connectivity index (χ1n) is 11.6. The molecule has 3 amide bonds. The van der Waals surface area contributed by atoms with Crippen molar-refractivity contribution >= 4 is 35.0 Å². The lowest BCUT2D eigenvalue weighted by Crippen LogP contribution is -2.47. The van der Waals surface area contributed by atoms with Crippen molar-refractivity contribution < 1.29 is 31.9 Å². The second-order valence-corrected chi connectivity index (χ2v) is 9.32. The molecule has 0 radical (unpaired) electrons.